The lowest BCUT2D eigenvalue weighted by atomic mass is 10.1. The van der Waals surface area contributed by atoms with Crippen LogP contribution in [0.3, 0.4) is 0 Å². The van der Waals surface area contributed by atoms with Crippen molar-refractivity contribution in [1.29, 1.82) is 0 Å². The summed E-state index contributed by atoms with van der Waals surface area (Å²) in [6.07, 6.45) is 1.98. The zero-order chi connectivity index (χ0) is 10.1. The second kappa shape index (κ2) is 8.05. The van der Waals surface area contributed by atoms with Gasteiger partial charge in [-0.2, -0.15) is 0 Å². The van der Waals surface area contributed by atoms with Gasteiger partial charge in [-0.05, 0) is 25.3 Å². The highest BCUT2D eigenvalue weighted by Gasteiger charge is 2.01. The Balaban J connectivity index is 3.20. The lowest BCUT2D eigenvalue weighted by Gasteiger charge is -2.06. The first kappa shape index (κ1) is 12.4. The fourth-order valence-corrected chi connectivity index (χ4v) is 0.827. The second-order valence-electron chi connectivity index (χ2n) is 3.58. The summed E-state index contributed by atoms with van der Waals surface area (Å²) in [7, 11) is 0. The maximum atomic E-state index is 11.0. The summed E-state index contributed by atoms with van der Waals surface area (Å²) in [6, 6.07) is 0. The van der Waals surface area contributed by atoms with Crippen molar-refractivity contribution in [3.63, 3.8) is 0 Å². The Morgan fingerprint density at radius 1 is 1.46 bits per heavy atom. The Bertz CT molecular complexity index is 135. The molecule has 1 N–H and O–H groups in total. The number of esters is 1. The number of hydrogen-bond donors (Lipinski definition) is 1. The fraction of sp³-hybridized carbons (Fsp3) is 0.900. The van der Waals surface area contributed by atoms with Crippen molar-refractivity contribution in [3.05, 3.63) is 0 Å². The third-order valence-corrected chi connectivity index (χ3v) is 1.65. The summed E-state index contributed by atoms with van der Waals surface area (Å²) < 4.78 is 5.00. The first-order valence-corrected chi connectivity index (χ1v) is 5.03. The van der Waals surface area contributed by atoms with Gasteiger partial charge in [0.15, 0.2) is 0 Å². The molecule has 0 aromatic carbocycles. The number of hydrogen-bond acceptors (Lipinski definition) is 3. The Labute approximate surface area is 80.8 Å². The highest BCUT2D eigenvalue weighted by atomic mass is 16.5. The van der Waals surface area contributed by atoms with Crippen LogP contribution < -0.4 is 5.32 Å². The molecule has 0 fully saturated rings. The average Bonchev–Trinajstić information content (AvgIpc) is 2.04. The van der Waals surface area contributed by atoms with Crippen molar-refractivity contribution in [2.24, 2.45) is 5.92 Å². The van der Waals surface area contributed by atoms with E-state index in [0.29, 0.717) is 19.1 Å². The minimum atomic E-state index is -0.144. The van der Waals surface area contributed by atoms with Crippen molar-refractivity contribution in [2.75, 3.05) is 19.7 Å². The van der Waals surface area contributed by atoms with Crippen molar-refractivity contribution < 1.29 is 9.53 Å². The minimum Gasteiger partial charge on any atom is -0.465 e. The molecule has 13 heavy (non-hydrogen) atoms. The molecule has 0 rings (SSSR count). The molecule has 0 amide bonds. The van der Waals surface area contributed by atoms with Crippen LogP contribution >= 0.6 is 0 Å². The molecule has 0 aromatic heterocycles. The highest BCUT2D eigenvalue weighted by molar-refractivity contribution is 5.71. The van der Waals surface area contributed by atoms with Gasteiger partial charge in [0, 0.05) is 0 Å². The molecule has 0 heterocycles. The molecule has 0 spiro atoms. The number of ether oxygens (including phenoxy) is 1. The van der Waals surface area contributed by atoms with Gasteiger partial charge in [-0.25, -0.2) is 0 Å². The van der Waals surface area contributed by atoms with Gasteiger partial charge >= 0.3 is 5.97 Å². The topological polar surface area (TPSA) is 38.3 Å². The van der Waals surface area contributed by atoms with Crippen LogP contribution in [0, 0.1) is 5.92 Å². The van der Waals surface area contributed by atoms with Gasteiger partial charge in [0.25, 0.3) is 0 Å². The molecule has 0 atom stereocenters. The van der Waals surface area contributed by atoms with Crippen LogP contribution in [0.4, 0.5) is 0 Å². The molecule has 0 unspecified atom stereocenters. The van der Waals surface area contributed by atoms with Crippen molar-refractivity contribution in [3.8, 4) is 0 Å². The van der Waals surface area contributed by atoms with Gasteiger partial charge in [0.2, 0.25) is 0 Å². The van der Waals surface area contributed by atoms with Gasteiger partial charge in [0.1, 0.15) is 0 Å². The van der Waals surface area contributed by atoms with E-state index in [4.69, 9.17) is 4.74 Å². The van der Waals surface area contributed by atoms with Crippen LogP contribution in [-0.4, -0.2) is 25.7 Å². The molecular weight excluding hydrogens is 166 g/mol. The molecule has 3 nitrogen and oxygen atoms in total. The second-order valence-corrected chi connectivity index (χ2v) is 3.58. The lowest BCUT2D eigenvalue weighted by molar-refractivity contribution is -0.142. The standard InChI is InChI=1S/C10H21NO2/c1-4-6-11-8-10(12)13-7-5-9(2)3/h9,11H,4-8H2,1-3H3. The first-order chi connectivity index (χ1) is 6.16. The van der Waals surface area contributed by atoms with Crippen LogP contribution in [0.2, 0.25) is 0 Å². The number of rotatable bonds is 7. The van der Waals surface area contributed by atoms with Gasteiger partial charge in [0.05, 0.1) is 13.2 Å². The van der Waals surface area contributed by atoms with Crippen LogP contribution in [0.5, 0.6) is 0 Å². The molecule has 0 aliphatic heterocycles. The molecular formula is C10H21NO2. The van der Waals surface area contributed by atoms with Gasteiger partial charge in [-0.1, -0.05) is 20.8 Å². The molecule has 0 saturated heterocycles. The molecule has 0 aliphatic rings. The van der Waals surface area contributed by atoms with E-state index in [1.165, 1.54) is 0 Å². The van der Waals surface area contributed by atoms with Crippen LogP contribution in [0.1, 0.15) is 33.6 Å². The van der Waals surface area contributed by atoms with Gasteiger partial charge in [-0.3, -0.25) is 4.79 Å². The van der Waals surface area contributed by atoms with Crippen molar-refractivity contribution in [2.45, 2.75) is 33.6 Å². The highest BCUT2D eigenvalue weighted by Crippen LogP contribution is 1.98. The maximum Gasteiger partial charge on any atom is 0.319 e. The zero-order valence-corrected chi connectivity index (χ0v) is 8.93. The molecule has 0 aliphatic carbocycles. The third-order valence-electron chi connectivity index (χ3n) is 1.65. The van der Waals surface area contributed by atoms with Crippen LogP contribution in [0.25, 0.3) is 0 Å². The summed E-state index contributed by atoms with van der Waals surface area (Å²) in [6.45, 7) is 8.05. The Kier molecular flexibility index (Phi) is 7.69. The van der Waals surface area contributed by atoms with E-state index in [1.807, 2.05) is 0 Å². The van der Waals surface area contributed by atoms with E-state index in [-0.39, 0.29) is 5.97 Å². The Hall–Kier alpha value is -0.570. The van der Waals surface area contributed by atoms with E-state index in [9.17, 15) is 4.79 Å². The van der Waals surface area contributed by atoms with Gasteiger partial charge in [-0.15, -0.1) is 0 Å². The van der Waals surface area contributed by atoms with Crippen molar-refractivity contribution >= 4 is 5.97 Å². The molecule has 0 bridgehead atoms. The zero-order valence-electron chi connectivity index (χ0n) is 8.93. The molecule has 3 heteroatoms. The molecule has 0 aromatic rings. The summed E-state index contributed by atoms with van der Waals surface area (Å²) in [4.78, 5) is 11.0. The Morgan fingerprint density at radius 3 is 2.69 bits per heavy atom. The minimum absolute atomic E-state index is 0.144. The number of carbonyl (C=O) groups excluding carboxylic acids is 1. The predicted octanol–water partition coefficient (Wildman–Crippen LogP) is 1.58. The first-order valence-electron chi connectivity index (χ1n) is 5.03. The average molecular weight is 187 g/mol. The maximum absolute atomic E-state index is 11.0. The van der Waals surface area contributed by atoms with Gasteiger partial charge < -0.3 is 10.1 Å². The van der Waals surface area contributed by atoms with E-state index in [1.54, 1.807) is 0 Å². The van der Waals surface area contributed by atoms with Crippen molar-refractivity contribution in [1.82, 2.24) is 5.32 Å². The molecule has 78 valence electrons. The van der Waals surface area contributed by atoms with Crippen LogP contribution in [-0.2, 0) is 9.53 Å². The Morgan fingerprint density at radius 2 is 2.15 bits per heavy atom. The molecule has 0 radical (unpaired) electrons. The summed E-state index contributed by atoms with van der Waals surface area (Å²) >= 11 is 0. The van der Waals surface area contributed by atoms with E-state index < -0.39 is 0 Å². The lowest BCUT2D eigenvalue weighted by Crippen LogP contribution is -2.25. The smallest absolute Gasteiger partial charge is 0.319 e. The summed E-state index contributed by atoms with van der Waals surface area (Å²) in [5.41, 5.74) is 0. The predicted molar refractivity (Wildman–Crippen MR) is 53.6 cm³/mol. The molecule has 0 saturated carbocycles. The van der Waals surface area contributed by atoms with E-state index >= 15 is 0 Å². The summed E-state index contributed by atoms with van der Waals surface area (Å²) in [5, 5.41) is 3.00. The largest absolute Gasteiger partial charge is 0.465 e. The SMILES string of the molecule is CCCNCC(=O)OCCC(C)C. The van der Waals surface area contributed by atoms with Crippen LogP contribution in [0.15, 0.2) is 0 Å². The number of nitrogens with one attached hydrogen (secondary N) is 1. The fourth-order valence-electron chi connectivity index (χ4n) is 0.827. The van der Waals surface area contributed by atoms with E-state index in [0.717, 1.165) is 19.4 Å². The normalized spacial score (nSPS) is 10.5. The number of carbonyl (C=O) groups is 1. The summed E-state index contributed by atoms with van der Waals surface area (Å²) in [5.74, 6) is 0.450. The monoisotopic (exact) mass is 187 g/mol. The third kappa shape index (κ3) is 9.34. The quantitative estimate of drug-likeness (QED) is 0.485. The van der Waals surface area contributed by atoms with E-state index in [2.05, 4.69) is 26.1 Å².